The fourth-order valence-corrected chi connectivity index (χ4v) is 4.94. The Balaban J connectivity index is 2.13. The zero-order valence-electron chi connectivity index (χ0n) is 11.1. The van der Waals surface area contributed by atoms with Crippen molar-refractivity contribution in [2.45, 2.75) is 36.9 Å². The highest BCUT2D eigenvalue weighted by atomic mass is 32.2. The van der Waals surface area contributed by atoms with E-state index in [1.54, 1.807) is 6.92 Å². The van der Waals surface area contributed by atoms with Crippen molar-refractivity contribution >= 4 is 21.4 Å². The summed E-state index contributed by atoms with van der Waals surface area (Å²) in [5.41, 5.74) is 0.408. The molecule has 0 aliphatic carbocycles. The zero-order valence-corrected chi connectivity index (χ0v) is 12.7. The van der Waals surface area contributed by atoms with Crippen molar-refractivity contribution in [3.8, 4) is 0 Å². The number of thiazole rings is 1. The third-order valence-electron chi connectivity index (χ3n) is 3.30. The van der Waals surface area contributed by atoms with Crippen molar-refractivity contribution in [2.75, 3.05) is 19.6 Å². The van der Waals surface area contributed by atoms with Crippen LogP contribution in [0.25, 0.3) is 0 Å². The first-order valence-corrected chi connectivity index (χ1v) is 8.66. The standard InChI is InChI=1S/C11H19N3O3S2/c1-3-14-6-4-5-9(7-14)13-19(16,17)10-8(2)12-11(15)18-10/h9,13H,3-7H2,1-2H3,(H,12,15). The molecule has 1 aromatic rings. The number of H-pyrrole nitrogens is 1. The minimum Gasteiger partial charge on any atom is -0.315 e. The molecule has 0 spiro atoms. The number of nitrogens with one attached hydrogen (secondary N) is 2. The number of aryl methyl sites for hydroxylation is 1. The van der Waals surface area contributed by atoms with Crippen LogP contribution in [0.4, 0.5) is 0 Å². The molecule has 0 bridgehead atoms. The molecule has 1 saturated heterocycles. The number of nitrogens with zero attached hydrogens (tertiary/aromatic N) is 1. The first-order chi connectivity index (χ1) is 8.92. The van der Waals surface area contributed by atoms with E-state index in [-0.39, 0.29) is 15.1 Å². The molecule has 1 atom stereocenters. The molecular weight excluding hydrogens is 286 g/mol. The van der Waals surface area contributed by atoms with Gasteiger partial charge in [0.15, 0.2) is 4.21 Å². The Labute approximate surface area is 116 Å². The van der Waals surface area contributed by atoms with E-state index in [4.69, 9.17) is 0 Å². The maximum Gasteiger partial charge on any atom is 0.305 e. The lowest BCUT2D eigenvalue weighted by atomic mass is 10.1. The third-order valence-corrected chi connectivity index (χ3v) is 6.43. The van der Waals surface area contributed by atoms with Crippen LogP contribution in [0, 0.1) is 6.92 Å². The summed E-state index contributed by atoms with van der Waals surface area (Å²) >= 11 is 0.741. The van der Waals surface area contributed by atoms with Gasteiger partial charge in [0.25, 0.3) is 10.0 Å². The molecule has 2 N–H and O–H groups in total. The van der Waals surface area contributed by atoms with Crippen molar-refractivity contribution in [2.24, 2.45) is 0 Å². The van der Waals surface area contributed by atoms with Gasteiger partial charge in [-0.05, 0) is 32.9 Å². The van der Waals surface area contributed by atoms with E-state index in [1.807, 2.05) is 0 Å². The molecule has 2 rings (SSSR count). The van der Waals surface area contributed by atoms with E-state index < -0.39 is 10.0 Å². The van der Waals surface area contributed by atoms with Crippen LogP contribution in [-0.4, -0.2) is 44.0 Å². The monoisotopic (exact) mass is 305 g/mol. The molecule has 2 heterocycles. The van der Waals surface area contributed by atoms with E-state index >= 15 is 0 Å². The molecule has 19 heavy (non-hydrogen) atoms. The minimum atomic E-state index is -3.59. The molecule has 0 amide bonds. The van der Waals surface area contributed by atoms with Crippen molar-refractivity contribution < 1.29 is 8.42 Å². The SMILES string of the molecule is CCN1CCCC(NS(=O)(=O)c2sc(=O)[nH]c2C)C1. The molecule has 108 valence electrons. The second kappa shape index (κ2) is 5.74. The Morgan fingerprint density at radius 3 is 2.84 bits per heavy atom. The summed E-state index contributed by atoms with van der Waals surface area (Å²) in [6.07, 6.45) is 1.83. The van der Waals surface area contributed by atoms with Crippen LogP contribution in [-0.2, 0) is 10.0 Å². The van der Waals surface area contributed by atoms with Crippen LogP contribution >= 0.6 is 11.3 Å². The van der Waals surface area contributed by atoms with Crippen molar-refractivity contribution in [1.82, 2.24) is 14.6 Å². The molecule has 1 fully saturated rings. The molecule has 1 aliphatic heterocycles. The minimum absolute atomic E-state index is 0.0738. The average molecular weight is 305 g/mol. The fraction of sp³-hybridized carbons (Fsp3) is 0.727. The number of aromatic amines is 1. The summed E-state index contributed by atoms with van der Waals surface area (Å²) in [7, 11) is -3.59. The molecule has 1 aliphatic rings. The topological polar surface area (TPSA) is 82.3 Å². The van der Waals surface area contributed by atoms with E-state index in [0.717, 1.165) is 43.8 Å². The van der Waals surface area contributed by atoms with Crippen LogP contribution in [0.3, 0.4) is 0 Å². The van der Waals surface area contributed by atoms with Gasteiger partial charge in [0.1, 0.15) is 0 Å². The Hall–Kier alpha value is -0.700. The first kappa shape index (κ1) is 14.7. The van der Waals surface area contributed by atoms with Crippen LogP contribution < -0.4 is 9.60 Å². The van der Waals surface area contributed by atoms with Crippen molar-refractivity contribution in [1.29, 1.82) is 0 Å². The zero-order chi connectivity index (χ0) is 14.0. The largest absolute Gasteiger partial charge is 0.315 e. The van der Waals surface area contributed by atoms with E-state index in [9.17, 15) is 13.2 Å². The normalized spacial score (nSPS) is 21.7. The number of sulfonamides is 1. The number of hydrogen-bond acceptors (Lipinski definition) is 5. The maximum atomic E-state index is 12.3. The number of likely N-dealkylation sites (N-methyl/N-ethyl adjacent to an activating group) is 1. The highest BCUT2D eigenvalue weighted by molar-refractivity contribution is 7.91. The molecule has 8 heteroatoms. The van der Waals surface area contributed by atoms with Gasteiger partial charge in [0, 0.05) is 18.3 Å². The molecule has 1 aromatic heterocycles. The fourth-order valence-electron chi connectivity index (χ4n) is 2.36. The number of hydrogen-bond donors (Lipinski definition) is 2. The summed E-state index contributed by atoms with van der Waals surface area (Å²) < 4.78 is 27.3. The Morgan fingerprint density at radius 1 is 1.53 bits per heavy atom. The molecule has 0 saturated carbocycles. The molecular formula is C11H19N3O3S2. The summed E-state index contributed by atoms with van der Waals surface area (Å²) in [4.78, 5) is 15.6. The highest BCUT2D eigenvalue weighted by Gasteiger charge is 2.27. The van der Waals surface area contributed by atoms with Gasteiger partial charge >= 0.3 is 4.87 Å². The number of rotatable bonds is 4. The van der Waals surface area contributed by atoms with Crippen LogP contribution in [0.5, 0.6) is 0 Å². The van der Waals surface area contributed by atoms with Crippen molar-refractivity contribution in [3.63, 3.8) is 0 Å². The predicted molar refractivity (Wildman–Crippen MR) is 75.1 cm³/mol. The lowest BCUT2D eigenvalue weighted by Crippen LogP contribution is -2.47. The third kappa shape index (κ3) is 3.44. The Morgan fingerprint density at radius 2 is 2.26 bits per heavy atom. The van der Waals surface area contributed by atoms with Gasteiger partial charge in [-0.15, -0.1) is 0 Å². The molecule has 6 nitrogen and oxygen atoms in total. The number of likely N-dealkylation sites (tertiary alicyclic amines) is 1. The van der Waals surface area contributed by atoms with Gasteiger partial charge in [-0.25, -0.2) is 13.1 Å². The van der Waals surface area contributed by atoms with E-state index in [1.165, 1.54) is 0 Å². The quantitative estimate of drug-likeness (QED) is 0.849. The Kier molecular flexibility index (Phi) is 4.44. The van der Waals surface area contributed by atoms with Crippen molar-refractivity contribution in [3.05, 3.63) is 15.4 Å². The molecule has 0 radical (unpaired) electrons. The number of piperidine rings is 1. The van der Waals surface area contributed by atoms with Gasteiger partial charge in [0.2, 0.25) is 0 Å². The number of aromatic nitrogens is 1. The summed E-state index contributed by atoms with van der Waals surface area (Å²) in [6, 6.07) is -0.0738. The first-order valence-electron chi connectivity index (χ1n) is 6.36. The average Bonchev–Trinajstić information content (AvgIpc) is 2.69. The lowest BCUT2D eigenvalue weighted by molar-refractivity contribution is 0.211. The van der Waals surface area contributed by atoms with Gasteiger partial charge in [-0.2, -0.15) is 0 Å². The van der Waals surface area contributed by atoms with E-state index in [0.29, 0.717) is 5.69 Å². The van der Waals surface area contributed by atoms with Crippen LogP contribution in [0.2, 0.25) is 0 Å². The lowest BCUT2D eigenvalue weighted by Gasteiger charge is -2.31. The predicted octanol–water partition coefficient (Wildman–Crippen LogP) is 0.507. The second-order valence-corrected chi connectivity index (χ2v) is 7.67. The van der Waals surface area contributed by atoms with Crippen LogP contribution in [0.1, 0.15) is 25.5 Å². The van der Waals surface area contributed by atoms with Gasteiger partial charge in [-0.3, -0.25) is 4.79 Å². The molecule has 0 aromatic carbocycles. The van der Waals surface area contributed by atoms with Crippen LogP contribution in [0.15, 0.2) is 9.00 Å². The second-order valence-electron chi connectivity index (χ2n) is 4.78. The van der Waals surface area contributed by atoms with Gasteiger partial charge < -0.3 is 9.88 Å². The Bertz CT molecular complexity index is 591. The summed E-state index contributed by atoms with van der Waals surface area (Å²) in [5, 5.41) is 0. The smallest absolute Gasteiger partial charge is 0.305 e. The maximum absolute atomic E-state index is 12.3. The summed E-state index contributed by atoms with van der Waals surface area (Å²) in [6.45, 7) is 6.35. The van der Waals surface area contributed by atoms with Gasteiger partial charge in [-0.1, -0.05) is 18.3 Å². The molecule has 1 unspecified atom stereocenters. The van der Waals surface area contributed by atoms with E-state index in [2.05, 4.69) is 21.5 Å². The summed E-state index contributed by atoms with van der Waals surface area (Å²) in [5.74, 6) is 0. The highest BCUT2D eigenvalue weighted by Crippen LogP contribution is 2.18. The van der Waals surface area contributed by atoms with Gasteiger partial charge in [0.05, 0.1) is 0 Å².